The van der Waals surface area contributed by atoms with Crippen molar-refractivity contribution in [1.29, 1.82) is 0 Å². The van der Waals surface area contributed by atoms with Gasteiger partial charge < -0.3 is 16.4 Å². The lowest BCUT2D eigenvalue weighted by atomic mass is 9.83. The number of carbonyl (C=O) groups excluding carboxylic acids is 2. The summed E-state index contributed by atoms with van der Waals surface area (Å²) in [6.07, 6.45) is 9.32. The fourth-order valence-corrected chi connectivity index (χ4v) is 3.99. The number of pyridine rings is 1. The molecule has 1 saturated carbocycles. The predicted molar refractivity (Wildman–Crippen MR) is 113 cm³/mol. The van der Waals surface area contributed by atoms with E-state index in [-0.39, 0.29) is 17.9 Å². The lowest BCUT2D eigenvalue weighted by Crippen LogP contribution is -2.54. The summed E-state index contributed by atoms with van der Waals surface area (Å²) in [5, 5.41) is 6.00. The minimum absolute atomic E-state index is 0.0589. The van der Waals surface area contributed by atoms with Crippen molar-refractivity contribution in [2.75, 3.05) is 6.54 Å². The van der Waals surface area contributed by atoms with Crippen LogP contribution in [0.15, 0.2) is 54.9 Å². The van der Waals surface area contributed by atoms with Crippen LogP contribution >= 0.6 is 0 Å². The van der Waals surface area contributed by atoms with Gasteiger partial charge in [-0.05, 0) is 36.5 Å². The third-order valence-electron chi connectivity index (χ3n) is 5.63. The quantitative estimate of drug-likeness (QED) is 0.641. The van der Waals surface area contributed by atoms with E-state index in [1.54, 1.807) is 18.3 Å². The van der Waals surface area contributed by atoms with Gasteiger partial charge in [-0.3, -0.25) is 14.6 Å². The van der Waals surface area contributed by atoms with Gasteiger partial charge in [0.15, 0.2) is 0 Å². The van der Waals surface area contributed by atoms with Gasteiger partial charge in [-0.25, -0.2) is 0 Å². The number of nitrogens with two attached hydrogens (primary N) is 1. The molecule has 6 heteroatoms. The van der Waals surface area contributed by atoms with E-state index in [2.05, 4.69) is 15.6 Å². The van der Waals surface area contributed by atoms with Gasteiger partial charge in [0.05, 0.1) is 5.56 Å². The number of rotatable bonds is 8. The highest BCUT2D eigenvalue weighted by Gasteiger charge is 2.28. The van der Waals surface area contributed by atoms with E-state index in [1.807, 2.05) is 30.3 Å². The average molecular weight is 395 g/mol. The van der Waals surface area contributed by atoms with E-state index in [9.17, 15) is 9.59 Å². The van der Waals surface area contributed by atoms with Crippen molar-refractivity contribution in [3.8, 4) is 0 Å². The van der Waals surface area contributed by atoms with Crippen LogP contribution in [-0.4, -0.2) is 35.4 Å². The maximum Gasteiger partial charge on any atom is 0.253 e. The first-order chi connectivity index (χ1) is 14.2. The Morgan fingerprint density at radius 2 is 1.79 bits per heavy atom. The third kappa shape index (κ3) is 6.12. The fraction of sp³-hybridized carbons (Fsp3) is 0.435. The maximum atomic E-state index is 13.1. The van der Waals surface area contributed by atoms with Crippen LogP contribution in [0.5, 0.6) is 0 Å². The van der Waals surface area contributed by atoms with Gasteiger partial charge in [-0.1, -0.05) is 49.6 Å². The highest BCUT2D eigenvalue weighted by molar-refractivity contribution is 5.97. The minimum atomic E-state index is -0.678. The minimum Gasteiger partial charge on any atom is -0.350 e. The number of hydrogen-bond acceptors (Lipinski definition) is 4. The first-order valence-electron chi connectivity index (χ1n) is 10.4. The van der Waals surface area contributed by atoms with Gasteiger partial charge in [0.25, 0.3) is 5.91 Å². The van der Waals surface area contributed by atoms with Gasteiger partial charge in [0.2, 0.25) is 5.91 Å². The lowest BCUT2D eigenvalue weighted by molar-refractivity contribution is -0.124. The molecule has 1 aliphatic rings. The van der Waals surface area contributed by atoms with Crippen molar-refractivity contribution in [2.24, 2.45) is 11.7 Å². The molecule has 1 aromatic heterocycles. The highest BCUT2D eigenvalue weighted by Crippen LogP contribution is 2.26. The zero-order valence-electron chi connectivity index (χ0n) is 16.7. The molecule has 0 bridgehead atoms. The molecule has 1 aliphatic carbocycles. The second kappa shape index (κ2) is 10.7. The smallest absolute Gasteiger partial charge is 0.253 e. The standard InChI is InChI=1S/C23H30N4O2/c24-15-21(18-10-5-2-6-11-18)27-23(29)20(14-17-8-3-1-4-9-17)26-22(28)19-12-7-13-25-16-19/h1,3-4,7-9,12-13,16,18,20-21H,2,5-6,10-11,14-15,24H2,(H,26,28)(H,27,29). The second-order valence-corrected chi connectivity index (χ2v) is 7.71. The van der Waals surface area contributed by atoms with Crippen molar-refractivity contribution < 1.29 is 9.59 Å². The van der Waals surface area contributed by atoms with Crippen molar-refractivity contribution in [2.45, 2.75) is 50.6 Å². The molecule has 0 radical (unpaired) electrons. The van der Waals surface area contributed by atoms with E-state index in [1.165, 1.54) is 25.5 Å². The summed E-state index contributed by atoms with van der Waals surface area (Å²) in [5.74, 6) is -0.0904. The molecule has 0 spiro atoms. The van der Waals surface area contributed by atoms with Crippen LogP contribution in [0.25, 0.3) is 0 Å². The second-order valence-electron chi connectivity index (χ2n) is 7.71. The Hall–Kier alpha value is -2.73. The van der Waals surface area contributed by atoms with Crippen LogP contribution in [0.2, 0.25) is 0 Å². The summed E-state index contributed by atoms with van der Waals surface area (Å²) in [4.78, 5) is 29.8. The first kappa shape index (κ1) is 21.0. The molecule has 29 heavy (non-hydrogen) atoms. The summed E-state index contributed by atoms with van der Waals surface area (Å²) < 4.78 is 0. The van der Waals surface area contributed by atoms with E-state index < -0.39 is 6.04 Å². The number of aromatic nitrogens is 1. The number of nitrogens with one attached hydrogen (secondary N) is 2. The molecule has 0 aliphatic heterocycles. The van der Waals surface area contributed by atoms with Gasteiger partial charge in [0, 0.05) is 31.4 Å². The largest absolute Gasteiger partial charge is 0.350 e. The molecule has 1 heterocycles. The van der Waals surface area contributed by atoms with Gasteiger partial charge in [-0.2, -0.15) is 0 Å². The molecule has 0 saturated heterocycles. The van der Waals surface area contributed by atoms with E-state index in [4.69, 9.17) is 5.73 Å². The topological polar surface area (TPSA) is 97.1 Å². The summed E-state index contributed by atoms with van der Waals surface area (Å²) in [6, 6.07) is 12.4. The maximum absolute atomic E-state index is 13.1. The van der Waals surface area contributed by atoms with Crippen LogP contribution in [0.3, 0.4) is 0 Å². The Labute approximate surface area is 172 Å². The Kier molecular flexibility index (Phi) is 7.76. The molecule has 1 fully saturated rings. The third-order valence-corrected chi connectivity index (χ3v) is 5.63. The molecular formula is C23H30N4O2. The average Bonchev–Trinajstić information content (AvgIpc) is 2.78. The summed E-state index contributed by atoms with van der Waals surface area (Å²) in [7, 11) is 0. The molecule has 154 valence electrons. The molecule has 1 aromatic carbocycles. The fourth-order valence-electron chi connectivity index (χ4n) is 3.99. The van der Waals surface area contributed by atoms with Gasteiger partial charge >= 0.3 is 0 Å². The number of nitrogens with zero attached hydrogens (tertiary/aromatic N) is 1. The Morgan fingerprint density at radius 1 is 1.03 bits per heavy atom. The van der Waals surface area contributed by atoms with Crippen LogP contribution in [0.1, 0.15) is 48.0 Å². The van der Waals surface area contributed by atoms with E-state index in [0.29, 0.717) is 24.4 Å². The van der Waals surface area contributed by atoms with Crippen LogP contribution in [0.4, 0.5) is 0 Å². The van der Waals surface area contributed by atoms with Gasteiger partial charge in [-0.15, -0.1) is 0 Å². The molecule has 2 amide bonds. The number of benzene rings is 1. The van der Waals surface area contributed by atoms with Crippen molar-refractivity contribution in [3.05, 3.63) is 66.0 Å². The first-order valence-corrected chi connectivity index (χ1v) is 10.4. The predicted octanol–water partition coefficient (Wildman–Crippen LogP) is 2.45. The van der Waals surface area contributed by atoms with E-state index >= 15 is 0 Å². The van der Waals surface area contributed by atoms with Crippen LogP contribution in [-0.2, 0) is 11.2 Å². The van der Waals surface area contributed by atoms with Crippen molar-refractivity contribution >= 4 is 11.8 Å². The summed E-state index contributed by atoms with van der Waals surface area (Å²) in [5.41, 5.74) is 7.41. The SMILES string of the molecule is NCC(NC(=O)C(Cc1ccccc1)NC(=O)c1cccnc1)C1CCCCC1. The zero-order chi connectivity index (χ0) is 20.5. The summed E-state index contributed by atoms with van der Waals surface area (Å²) >= 11 is 0. The highest BCUT2D eigenvalue weighted by atomic mass is 16.2. The van der Waals surface area contributed by atoms with Crippen LogP contribution < -0.4 is 16.4 Å². The molecule has 4 N–H and O–H groups in total. The van der Waals surface area contributed by atoms with E-state index in [0.717, 1.165) is 18.4 Å². The molecule has 2 atom stereocenters. The molecule has 2 unspecified atom stereocenters. The Bertz CT molecular complexity index is 776. The molecule has 3 rings (SSSR count). The number of carbonyl (C=O) groups is 2. The van der Waals surface area contributed by atoms with Crippen LogP contribution in [0, 0.1) is 5.92 Å². The molecule has 6 nitrogen and oxygen atoms in total. The van der Waals surface area contributed by atoms with Crippen molar-refractivity contribution in [3.63, 3.8) is 0 Å². The number of hydrogen-bond donors (Lipinski definition) is 3. The molecule has 2 aromatic rings. The Morgan fingerprint density at radius 3 is 2.45 bits per heavy atom. The van der Waals surface area contributed by atoms with Gasteiger partial charge in [0.1, 0.15) is 6.04 Å². The van der Waals surface area contributed by atoms with Crippen molar-refractivity contribution in [1.82, 2.24) is 15.6 Å². The number of amides is 2. The Balaban J connectivity index is 1.72. The zero-order valence-corrected chi connectivity index (χ0v) is 16.7. The summed E-state index contributed by atoms with van der Waals surface area (Å²) in [6.45, 7) is 0.408. The monoisotopic (exact) mass is 394 g/mol. The lowest BCUT2D eigenvalue weighted by Gasteiger charge is -2.31. The normalized spacial score (nSPS) is 16.6. The molecular weight excluding hydrogens is 364 g/mol.